The van der Waals surface area contributed by atoms with Crippen molar-refractivity contribution in [3.05, 3.63) is 89.0 Å². The summed E-state index contributed by atoms with van der Waals surface area (Å²) >= 11 is 0. The third kappa shape index (κ3) is 5.41. The Hall–Kier alpha value is -3.99. The maximum Gasteiger partial charge on any atom is 0.248 e. The summed E-state index contributed by atoms with van der Waals surface area (Å²) in [6.45, 7) is 4.60. The Labute approximate surface area is 216 Å². The maximum atomic E-state index is 10.3. The fourth-order valence-corrected chi connectivity index (χ4v) is 4.79. The smallest absolute Gasteiger partial charge is 0.248 e. The van der Waals surface area contributed by atoms with Gasteiger partial charge in [0, 0.05) is 23.2 Å². The van der Waals surface area contributed by atoms with Crippen molar-refractivity contribution in [2.75, 3.05) is 6.61 Å². The van der Waals surface area contributed by atoms with E-state index in [2.05, 4.69) is 45.8 Å². The largest absolute Gasteiger partial charge is 0.490 e. The van der Waals surface area contributed by atoms with Crippen molar-refractivity contribution in [2.45, 2.75) is 51.3 Å². The molecule has 0 saturated heterocycles. The van der Waals surface area contributed by atoms with Crippen molar-refractivity contribution in [1.29, 1.82) is 5.26 Å². The summed E-state index contributed by atoms with van der Waals surface area (Å²) in [5, 5.41) is 32.0. The fraction of sp³-hybridized carbons (Fsp3) is 0.300. The molecule has 0 bridgehead atoms. The number of hydrogen-bond acceptors (Lipinski definition) is 7. The van der Waals surface area contributed by atoms with E-state index in [0.29, 0.717) is 41.6 Å². The summed E-state index contributed by atoms with van der Waals surface area (Å²) in [6.07, 6.45) is 2.43. The second kappa shape index (κ2) is 10.6. The van der Waals surface area contributed by atoms with Crippen LogP contribution >= 0.6 is 0 Å². The lowest BCUT2D eigenvalue weighted by molar-refractivity contribution is 0.143. The standard InChI is InChI=1S/C30H30N4O3/c1-20(2)36-27-11-10-24(15-26(27)17-31)29-34-33-28(37-29)23-9-8-22-12-13-30(19-35,16-25(22)14-23)32-18-21-6-4-3-5-7-21/h3-11,14-15,20,32,35H,12-13,16,18-19H2,1-2H3/t30-/m0/s1. The molecule has 0 unspecified atom stereocenters. The number of nitriles is 1. The van der Waals surface area contributed by atoms with Crippen molar-refractivity contribution in [1.82, 2.24) is 15.5 Å². The highest BCUT2D eigenvalue weighted by atomic mass is 16.5. The number of benzene rings is 3. The Morgan fingerprint density at radius 2 is 1.76 bits per heavy atom. The quantitative estimate of drug-likeness (QED) is 0.352. The number of nitrogens with one attached hydrogen (secondary N) is 1. The van der Waals surface area contributed by atoms with Gasteiger partial charge in [-0.1, -0.05) is 36.4 Å². The lowest BCUT2D eigenvalue weighted by Crippen LogP contribution is -2.52. The van der Waals surface area contributed by atoms with Crippen molar-refractivity contribution in [3.63, 3.8) is 0 Å². The number of aryl methyl sites for hydroxylation is 1. The highest BCUT2D eigenvalue weighted by Gasteiger charge is 2.33. The molecule has 188 valence electrons. The molecular weight excluding hydrogens is 464 g/mol. The molecule has 1 aliphatic rings. The number of aromatic nitrogens is 2. The van der Waals surface area contributed by atoms with Gasteiger partial charge in [-0.05, 0) is 80.1 Å². The van der Waals surface area contributed by atoms with Crippen LogP contribution in [0.1, 0.15) is 42.5 Å². The normalized spacial score (nSPS) is 16.8. The zero-order valence-electron chi connectivity index (χ0n) is 21.1. The molecule has 0 radical (unpaired) electrons. The first kappa shape index (κ1) is 24.7. The van der Waals surface area contributed by atoms with Crippen molar-refractivity contribution in [3.8, 4) is 34.7 Å². The molecule has 4 aromatic rings. The van der Waals surface area contributed by atoms with E-state index in [4.69, 9.17) is 9.15 Å². The molecule has 0 fully saturated rings. The lowest BCUT2D eigenvalue weighted by atomic mass is 9.77. The van der Waals surface area contributed by atoms with E-state index in [-0.39, 0.29) is 18.2 Å². The summed E-state index contributed by atoms with van der Waals surface area (Å²) in [7, 11) is 0. The Morgan fingerprint density at radius 1 is 1.03 bits per heavy atom. The highest BCUT2D eigenvalue weighted by molar-refractivity contribution is 5.63. The van der Waals surface area contributed by atoms with Crippen LogP contribution in [-0.4, -0.2) is 33.6 Å². The second-order valence-corrected chi connectivity index (χ2v) is 9.84. The topological polar surface area (TPSA) is 104 Å². The Morgan fingerprint density at radius 3 is 2.46 bits per heavy atom. The van der Waals surface area contributed by atoms with E-state index in [9.17, 15) is 10.4 Å². The van der Waals surface area contributed by atoms with Crippen LogP contribution in [0, 0.1) is 11.3 Å². The van der Waals surface area contributed by atoms with Crippen LogP contribution in [0.25, 0.3) is 22.9 Å². The summed E-state index contributed by atoms with van der Waals surface area (Å²) in [5.41, 5.74) is 5.16. The van der Waals surface area contributed by atoms with E-state index in [1.54, 1.807) is 12.1 Å². The fourth-order valence-electron chi connectivity index (χ4n) is 4.79. The van der Waals surface area contributed by atoms with Gasteiger partial charge in [-0.25, -0.2) is 0 Å². The molecule has 0 saturated carbocycles. The van der Waals surface area contributed by atoms with Crippen LogP contribution in [-0.2, 0) is 19.4 Å². The van der Waals surface area contributed by atoms with Crippen LogP contribution in [0.4, 0.5) is 0 Å². The van der Waals surface area contributed by atoms with Gasteiger partial charge in [0.25, 0.3) is 0 Å². The molecule has 1 atom stereocenters. The predicted octanol–water partition coefficient (Wildman–Crippen LogP) is 5.07. The first-order chi connectivity index (χ1) is 18.0. The first-order valence-corrected chi connectivity index (χ1v) is 12.6. The number of fused-ring (bicyclic) bond motifs is 1. The molecule has 7 heteroatoms. The molecule has 2 N–H and O–H groups in total. The van der Waals surface area contributed by atoms with Crippen LogP contribution in [0.2, 0.25) is 0 Å². The number of rotatable bonds is 8. The minimum Gasteiger partial charge on any atom is -0.490 e. The second-order valence-electron chi connectivity index (χ2n) is 9.84. The van der Waals surface area contributed by atoms with Crippen molar-refractivity contribution >= 4 is 0 Å². The van der Waals surface area contributed by atoms with Gasteiger partial charge in [0.2, 0.25) is 11.8 Å². The zero-order chi connectivity index (χ0) is 25.8. The summed E-state index contributed by atoms with van der Waals surface area (Å²) in [6, 6.07) is 23.9. The Bertz CT molecular complexity index is 1420. The van der Waals surface area contributed by atoms with Gasteiger partial charge in [0.15, 0.2) is 0 Å². The summed E-state index contributed by atoms with van der Waals surface area (Å²) in [5.74, 6) is 1.29. The monoisotopic (exact) mass is 494 g/mol. The van der Waals surface area contributed by atoms with Gasteiger partial charge < -0.3 is 19.6 Å². The molecule has 1 heterocycles. The van der Waals surface area contributed by atoms with Gasteiger partial charge in [-0.3, -0.25) is 0 Å². The lowest BCUT2D eigenvalue weighted by Gasteiger charge is -2.38. The zero-order valence-corrected chi connectivity index (χ0v) is 21.1. The number of aliphatic hydroxyl groups is 1. The van der Waals surface area contributed by atoms with Crippen LogP contribution in [0.3, 0.4) is 0 Å². The molecule has 1 aliphatic carbocycles. The third-order valence-electron chi connectivity index (χ3n) is 6.80. The van der Waals surface area contributed by atoms with Crippen molar-refractivity contribution < 1.29 is 14.3 Å². The molecule has 0 amide bonds. The number of nitrogens with zero attached hydrogens (tertiary/aromatic N) is 3. The first-order valence-electron chi connectivity index (χ1n) is 12.6. The molecule has 1 aromatic heterocycles. The van der Waals surface area contributed by atoms with Crippen LogP contribution < -0.4 is 10.1 Å². The summed E-state index contributed by atoms with van der Waals surface area (Å²) < 4.78 is 11.7. The molecular formula is C30H30N4O3. The molecule has 5 rings (SSSR count). The van der Waals surface area contributed by atoms with E-state index >= 15 is 0 Å². The SMILES string of the molecule is CC(C)Oc1ccc(-c2nnc(-c3ccc4c(c3)C[C@@](CO)(NCc3ccccc3)CC4)o2)cc1C#N. The molecule has 3 aromatic carbocycles. The Kier molecular flexibility index (Phi) is 7.04. The predicted molar refractivity (Wildman–Crippen MR) is 141 cm³/mol. The minimum absolute atomic E-state index is 0.0323. The summed E-state index contributed by atoms with van der Waals surface area (Å²) in [4.78, 5) is 0. The average Bonchev–Trinajstić information content (AvgIpc) is 3.42. The van der Waals surface area contributed by atoms with Crippen LogP contribution in [0.5, 0.6) is 5.75 Å². The van der Waals surface area contributed by atoms with Gasteiger partial charge in [-0.2, -0.15) is 5.26 Å². The minimum atomic E-state index is -0.380. The number of hydrogen-bond donors (Lipinski definition) is 2. The third-order valence-corrected chi connectivity index (χ3v) is 6.80. The van der Waals surface area contributed by atoms with Gasteiger partial charge in [0.1, 0.15) is 11.8 Å². The van der Waals surface area contributed by atoms with E-state index in [0.717, 1.165) is 18.4 Å². The Balaban J connectivity index is 1.36. The number of aliphatic hydroxyl groups excluding tert-OH is 1. The van der Waals surface area contributed by atoms with E-state index in [1.165, 1.54) is 16.7 Å². The van der Waals surface area contributed by atoms with E-state index < -0.39 is 0 Å². The van der Waals surface area contributed by atoms with Gasteiger partial charge >= 0.3 is 0 Å². The van der Waals surface area contributed by atoms with E-state index in [1.807, 2.05) is 44.2 Å². The molecule has 7 nitrogen and oxygen atoms in total. The van der Waals surface area contributed by atoms with Gasteiger partial charge in [0.05, 0.1) is 18.3 Å². The maximum absolute atomic E-state index is 10.3. The molecule has 0 aliphatic heterocycles. The average molecular weight is 495 g/mol. The number of ether oxygens (including phenoxy) is 1. The highest BCUT2D eigenvalue weighted by Crippen LogP contribution is 2.33. The van der Waals surface area contributed by atoms with Gasteiger partial charge in [-0.15, -0.1) is 10.2 Å². The molecule has 0 spiro atoms. The molecule has 37 heavy (non-hydrogen) atoms. The van der Waals surface area contributed by atoms with Crippen LogP contribution in [0.15, 0.2) is 71.1 Å². The van der Waals surface area contributed by atoms with Crippen molar-refractivity contribution in [2.24, 2.45) is 0 Å².